The molecule has 2 N–H and O–H groups in total. The van der Waals surface area contributed by atoms with E-state index in [2.05, 4.69) is 67.9 Å². The molecule has 0 radical (unpaired) electrons. The minimum Gasteiger partial charge on any atom is -0.359 e. The fourth-order valence-electron chi connectivity index (χ4n) is 2.34. The van der Waals surface area contributed by atoms with Gasteiger partial charge < -0.3 is 15.2 Å². The van der Waals surface area contributed by atoms with Gasteiger partial charge in [0, 0.05) is 17.5 Å². The number of hydrogen-bond donors (Lipinski definition) is 2. The predicted molar refractivity (Wildman–Crippen MR) is 121 cm³/mol. The Hall–Kier alpha value is -1.22. The second kappa shape index (κ2) is 11.5. The van der Waals surface area contributed by atoms with Crippen LogP contribution >= 0.6 is 35.7 Å². The maximum Gasteiger partial charge on any atom is 0.191 e. The lowest BCUT2D eigenvalue weighted by atomic mass is 10.1. The molecule has 1 aromatic heterocycles. The van der Waals surface area contributed by atoms with E-state index in [-0.39, 0.29) is 24.0 Å². The Morgan fingerprint density at radius 2 is 2.04 bits per heavy atom. The summed E-state index contributed by atoms with van der Waals surface area (Å²) in [6, 6.07) is 8.48. The molecule has 0 aliphatic carbocycles. The van der Waals surface area contributed by atoms with Gasteiger partial charge >= 0.3 is 0 Å². The average molecular weight is 488 g/mol. The number of aliphatic imine (C=N–C) groups is 1. The van der Waals surface area contributed by atoms with Gasteiger partial charge in [-0.25, -0.2) is 4.99 Å². The van der Waals surface area contributed by atoms with Crippen molar-refractivity contribution in [2.45, 2.75) is 51.6 Å². The molecule has 0 saturated heterocycles. The maximum absolute atomic E-state index is 5.37. The molecule has 5 nitrogen and oxygen atoms in total. The summed E-state index contributed by atoms with van der Waals surface area (Å²) in [5.41, 5.74) is 3.48. The van der Waals surface area contributed by atoms with Crippen molar-refractivity contribution in [2.75, 3.05) is 12.8 Å². The molecule has 0 aliphatic heterocycles. The van der Waals surface area contributed by atoms with E-state index in [4.69, 9.17) is 9.52 Å². The summed E-state index contributed by atoms with van der Waals surface area (Å²) in [6.07, 6.45) is 2.10. The molecule has 7 heteroatoms. The van der Waals surface area contributed by atoms with Crippen molar-refractivity contribution in [1.29, 1.82) is 0 Å². The number of rotatable bonds is 7. The van der Waals surface area contributed by atoms with Gasteiger partial charge in [0.25, 0.3) is 0 Å². The molecule has 2 aromatic rings. The van der Waals surface area contributed by atoms with Crippen molar-refractivity contribution in [1.82, 2.24) is 15.8 Å². The number of thioether (sulfide) groups is 1. The number of aromatic nitrogens is 1. The van der Waals surface area contributed by atoms with Gasteiger partial charge in [0.1, 0.15) is 0 Å². The van der Waals surface area contributed by atoms with E-state index in [0.29, 0.717) is 19.0 Å². The van der Waals surface area contributed by atoms with Crippen LogP contribution in [0.4, 0.5) is 0 Å². The number of benzene rings is 1. The summed E-state index contributed by atoms with van der Waals surface area (Å²) in [5.74, 6) is 1.96. The summed E-state index contributed by atoms with van der Waals surface area (Å²) in [4.78, 5) is 5.97. The zero-order valence-corrected chi connectivity index (χ0v) is 19.3. The van der Waals surface area contributed by atoms with Crippen LogP contribution in [0.25, 0.3) is 0 Å². The zero-order chi connectivity index (χ0) is 18.2. The molecule has 0 spiro atoms. The Balaban J connectivity index is 0.00000338. The third-order valence-electron chi connectivity index (χ3n) is 3.79. The van der Waals surface area contributed by atoms with E-state index in [9.17, 15) is 0 Å². The first-order valence-corrected chi connectivity index (χ1v) is 9.87. The first kappa shape index (κ1) is 22.8. The summed E-state index contributed by atoms with van der Waals surface area (Å²) in [5, 5.41) is 10.7. The first-order chi connectivity index (χ1) is 12.0. The van der Waals surface area contributed by atoms with Gasteiger partial charge in [-0.3, -0.25) is 0 Å². The fourth-order valence-corrected chi connectivity index (χ4v) is 3.04. The highest BCUT2D eigenvalue weighted by Crippen LogP contribution is 2.22. The Kier molecular flexibility index (Phi) is 10.1. The molecule has 0 fully saturated rings. The monoisotopic (exact) mass is 488 g/mol. The average Bonchev–Trinajstić information content (AvgIpc) is 3.07. The van der Waals surface area contributed by atoms with E-state index < -0.39 is 0 Å². The molecule has 0 aliphatic rings. The number of hydrogen-bond acceptors (Lipinski definition) is 4. The number of halogens is 1. The highest BCUT2D eigenvalue weighted by molar-refractivity contribution is 14.0. The van der Waals surface area contributed by atoms with Gasteiger partial charge in [0.05, 0.1) is 18.8 Å². The van der Waals surface area contributed by atoms with Crippen molar-refractivity contribution in [3.05, 3.63) is 46.8 Å². The van der Waals surface area contributed by atoms with Crippen LogP contribution in [0.3, 0.4) is 0 Å². The SMILES string of the molecule is CCNC(=NCc1ccc(C)cc1SC)NCc1cc(C(C)C)no1.I. The lowest BCUT2D eigenvalue weighted by Gasteiger charge is -2.11. The van der Waals surface area contributed by atoms with Gasteiger partial charge in [0.15, 0.2) is 11.7 Å². The van der Waals surface area contributed by atoms with Crippen LogP contribution in [0.15, 0.2) is 38.7 Å². The van der Waals surface area contributed by atoms with E-state index in [0.717, 1.165) is 24.0 Å². The Labute approximate surface area is 177 Å². The topological polar surface area (TPSA) is 62.5 Å². The van der Waals surface area contributed by atoms with Crippen LogP contribution in [0.2, 0.25) is 0 Å². The van der Waals surface area contributed by atoms with Crippen LogP contribution in [0, 0.1) is 6.92 Å². The van der Waals surface area contributed by atoms with Gasteiger partial charge in [0.2, 0.25) is 0 Å². The molecule has 1 heterocycles. The van der Waals surface area contributed by atoms with E-state index in [1.807, 2.05) is 6.07 Å². The summed E-state index contributed by atoms with van der Waals surface area (Å²) < 4.78 is 5.37. The standard InChI is InChI=1S/C19H28N4OS.HI/c1-6-20-19(22-12-16-10-17(13(2)3)23-24-16)21-11-15-8-7-14(4)9-18(15)25-5;/h7-10,13H,6,11-12H2,1-5H3,(H2,20,21,22);1H. The Morgan fingerprint density at radius 1 is 1.27 bits per heavy atom. The van der Waals surface area contributed by atoms with Crippen molar-refractivity contribution in [3.8, 4) is 0 Å². The number of aryl methyl sites for hydroxylation is 1. The molecule has 0 amide bonds. The second-order valence-electron chi connectivity index (χ2n) is 6.24. The lowest BCUT2D eigenvalue weighted by molar-refractivity contribution is 0.372. The third-order valence-corrected chi connectivity index (χ3v) is 4.61. The smallest absolute Gasteiger partial charge is 0.191 e. The van der Waals surface area contributed by atoms with Crippen molar-refractivity contribution in [2.24, 2.45) is 4.99 Å². The first-order valence-electron chi connectivity index (χ1n) is 8.64. The molecule has 2 rings (SSSR count). The summed E-state index contributed by atoms with van der Waals surface area (Å²) in [6.45, 7) is 10.4. The molecular weight excluding hydrogens is 459 g/mol. The third kappa shape index (κ3) is 6.83. The normalized spacial score (nSPS) is 11.4. The van der Waals surface area contributed by atoms with Crippen molar-refractivity contribution >= 4 is 41.7 Å². The summed E-state index contributed by atoms with van der Waals surface area (Å²) in [7, 11) is 0. The second-order valence-corrected chi connectivity index (χ2v) is 7.08. The number of guanidine groups is 1. The fraction of sp³-hybridized carbons (Fsp3) is 0.474. The largest absolute Gasteiger partial charge is 0.359 e. The molecular formula is C19H29IN4OS. The molecule has 1 aromatic carbocycles. The minimum absolute atomic E-state index is 0. The van der Waals surface area contributed by atoms with Gasteiger partial charge in [-0.15, -0.1) is 35.7 Å². The quantitative estimate of drug-likeness (QED) is 0.256. The highest BCUT2D eigenvalue weighted by atomic mass is 127. The van der Waals surface area contributed by atoms with Crippen LogP contribution < -0.4 is 10.6 Å². The lowest BCUT2D eigenvalue weighted by Crippen LogP contribution is -2.36. The van der Waals surface area contributed by atoms with E-state index in [1.54, 1.807) is 11.8 Å². The predicted octanol–water partition coefficient (Wildman–Crippen LogP) is 4.70. The van der Waals surface area contributed by atoms with Gasteiger partial charge in [-0.05, 0) is 43.2 Å². The number of nitrogens with zero attached hydrogens (tertiary/aromatic N) is 2. The van der Waals surface area contributed by atoms with Crippen molar-refractivity contribution < 1.29 is 4.52 Å². The molecule has 0 unspecified atom stereocenters. The van der Waals surface area contributed by atoms with Gasteiger partial charge in [-0.1, -0.05) is 31.1 Å². The molecule has 0 atom stereocenters. The Bertz CT molecular complexity index is 715. The molecule has 0 saturated carbocycles. The molecule has 26 heavy (non-hydrogen) atoms. The zero-order valence-electron chi connectivity index (χ0n) is 16.1. The Morgan fingerprint density at radius 3 is 2.65 bits per heavy atom. The minimum atomic E-state index is 0. The van der Waals surface area contributed by atoms with Crippen LogP contribution in [0.1, 0.15) is 49.3 Å². The number of nitrogens with one attached hydrogen (secondary N) is 2. The van der Waals surface area contributed by atoms with Crippen molar-refractivity contribution in [3.63, 3.8) is 0 Å². The van der Waals surface area contributed by atoms with Gasteiger partial charge in [-0.2, -0.15) is 0 Å². The maximum atomic E-state index is 5.37. The van der Waals surface area contributed by atoms with E-state index in [1.165, 1.54) is 16.0 Å². The molecule has 144 valence electrons. The van der Waals surface area contributed by atoms with Crippen LogP contribution in [0.5, 0.6) is 0 Å². The molecule has 0 bridgehead atoms. The van der Waals surface area contributed by atoms with Crippen LogP contribution in [-0.2, 0) is 13.1 Å². The summed E-state index contributed by atoms with van der Waals surface area (Å²) >= 11 is 1.76. The highest BCUT2D eigenvalue weighted by Gasteiger charge is 2.08. The van der Waals surface area contributed by atoms with E-state index >= 15 is 0 Å². The van der Waals surface area contributed by atoms with Crippen LogP contribution in [-0.4, -0.2) is 23.9 Å².